The van der Waals surface area contributed by atoms with E-state index in [0.29, 0.717) is 22.7 Å². The Morgan fingerprint density at radius 3 is 1.88 bits per heavy atom. The molecule has 1 amide bonds. The second kappa shape index (κ2) is 6.48. The molecule has 0 aliphatic carbocycles. The van der Waals surface area contributed by atoms with E-state index in [-0.39, 0.29) is 11.7 Å². The van der Waals surface area contributed by atoms with Crippen molar-refractivity contribution in [2.45, 2.75) is 12.8 Å². The summed E-state index contributed by atoms with van der Waals surface area (Å²) in [7, 11) is 0. The van der Waals surface area contributed by atoms with Crippen LogP contribution in [0.5, 0.6) is 11.5 Å². The predicted octanol–water partition coefficient (Wildman–Crippen LogP) is 4.77. The number of ketones is 1. The monoisotopic (exact) mass is 343 g/mol. The number of benzene rings is 3. The first-order chi connectivity index (χ1) is 12.6. The third-order valence-corrected chi connectivity index (χ3v) is 4.50. The van der Waals surface area contributed by atoms with Crippen molar-refractivity contribution < 1.29 is 14.3 Å². The fraction of sp³-hybridized carbons (Fsp3) is 0.0909. The van der Waals surface area contributed by atoms with Crippen LogP contribution in [0.3, 0.4) is 0 Å². The van der Waals surface area contributed by atoms with Crippen LogP contribution in [0.15, 0.2) is 72.8 Å². The zero-order valence-corrected chi connectivity index (χ0v) is 14.2. The molecule has 1 heterocycles. The van der Waals surface area contributed by atoms with Gasteiger partial charge in [-0.2, -0.15) is 0 Å². The van der Waals surface area contributed by atoms with Gasteiger partial charge in [0.2, 0.25) is 5.91 Å². The van der Waals surface area contributed by atoms with Gasteiger partial charge in [0.25, 0.3) is 0 Å². The average molecular weight is 343 g/mol. The van der Waals surface area contributed by atoms with E-state index in [1.165, 1.54) is 6.92 Å². The number of rotatable bonds is 3. The van der Waals surface area contributed by atoms with Gasteiger partial charge in [-0.15, -0.1) is 0 Å². The lowest BCUT2D eigenvalue weighted by molar-refractivity contribution is -0.116. The van der Waals surface area contributed by atoms with Crippen molar-refractivity contribution in [3.63, 3.8) is 0 Å². The summed E-state index contributed by atoms with van der Waals surface area (Å²) >= 11 is 0. The van der Waals surface area contributed by atoms with E-state index in [1.54, 1.807) is 24.3 Å². The molecule has 4 nitrogen and oxygen atoms in total. The predicted molar refractivity (Wildman–Crippen MR) is 99.9 cm³/mol. The summed E-state index contributed by atoms with van der Waals surface area (Å²) in [6.45, 7) is 1.52. The molecule has 0 saturated heterocycles. The van der Waals surface area contributed by atoms with Crippen LogP contribution in [0.2, 0.25) is 0 Å². The van der Waals surface area contributed by atoms with Crippen molar-refractivity contribution in [1.82, 2.24) is 0 Å². The largest absolute Gasteiger partial charge is 0.457 e. The van der Waals surface area contributed by atoms with Gasteiger partial charge in [0.05, 0.1) is 5.92 Å². The molecule has 4 rings (SSSR count). The first-order valence-electron chi connectivity index (χ1n) is 8.41. The van der Waals surface area contributed by atoms with E-state index in [1.807, 2.05) is 48.5 Å². The Morgan fingerprint density at radius 2 is 1.35 bits per heavy atom. The highest BCUT2D eigenvalue weighted by molar-refractivity contribution is 6.00. The molecule has 0 saturated carbocycles. The lowest BCUT2D eigenvalue weighted by atomic mass is 9.87. The SMILES string of the molecule is CC(=O)c1ccc(NC(=O)C2c3ccccc3Oc3ccccc32)cc1. The molecule has 0 aromatic heterocycles. The number of hydrogen-bond donors (Lipinski definition) is 1. The number of fused-ring (bicyclic) bond motifs is 2. The molecule has 0 bridgehead atoms. The Balaban J connectivity index is 1.68. The van der Waals surface area contributed by atoms with Crippen LogP contribution in [-0.4, -0.2) is 11.7 Å². The van der Waals surface area contributed by atoms with E-state index in [2.05, 4.69) is 5.32 Å². The second-order valence-electron chi connectivity index (χ2n) is 6.23. The third-order valence-electron chi connectivity index (χ3n) is 4.50. The number of carbonyl (C=O) groups excluding carboxylic acids is 2. The van der Waals surface area contributed by atoms with Crippen LogP contribution >= 0.6 is 0 Å². The summed E-state index contributed by atoms with van der Waals surface area (Å²) in [6.07, 6.45) is 0. The molecule has 128 valence electrons. The molecule has 0 fully saturated rings. The third kappa shape index (κ3) is 2.86. The van der Waals surface area contributed by atoms with Crippen molar-refractivity contribution in [1.29, 1.82) is 0 Å². The van der Waals surface area contributed by atoms with Gasteiger partial charge in [0, 0.05) is 22.4 Å². The molecular weight excluding hydrogens is 326 g/mol. The Bertz CT molecular complexity index is 947. The van der Waals surface area contributed by atoms with Gasteiger partial charge < -0.3 is 10.1 Å². The van der Waals surface area contributed by atoms with Crippen LogP contribution in [0.25, 0.3) is 0 Å². The fourth-order valence-electron chi connectivity index (χ4n) is 3.20. The van der Waals surface area contributed by atoms with Crippen LogP contribution in [0.4, 0.5) is 5.69 Å². The minimum absolute atomic E-state index is 0.00448. The molecule has 0 unspecified atom stereocenters. The summed E-state index contributed by atoms with van der Waals surface area (Å²) < 4.78 is 5.93. The Labute approximate surface area is 151 Å². The Hall–Kier alpha value is -3.40. The Kier molecular flexibility index (Phi) is 4.01. The van der Waals surface area contributed by atoms with Crippen LogP contribution in [-0.2, 0) is 4.79 Å². The summed E-state index contributed by atoms with van der Waals surface area (Å²) in [5.74, 6) is 0.791. The van der Waals surface area contributed by atoms with E-state index in [9.17, 15) is 9.59 Å². The Morgan fingerprint density at radius 1 is 0.808 bits per heavy atom. The average Bonchev–Trinajstić information content (AvgIpc) is 2.66. The highest BCUT2D eigenvalue weighted by Crippen LogP contribution is 2.44. The number of para-hydroxylation sites is 2. The molecule has 0 atom stereocenters. The molecule has 3 aromatic rings. The molecule has 1 N–H and O–H groups in total. The smallest absolute Gasteiger partial charge is 0.236 e. The normalized spacial score (nSPS) is 12.5. The van der Waals surface area contributed by atoms with Crippen molar-refractivity contribution >= 4 is 17.4 Å². The van der Waals surface area contributed by atoms with E-state index in [4.69, 9.17) is 4.74 Å². The van der Waals surface area contributed by atoms with Crippen molar-refractivity contribution in [2.75, 3.05) is 5.32 Å². The number of amides is 1. The van der Waals surface area contributed by atoms with Gasteiger partial charge >= 0.3 is 0 Å². The van der Waals surface area contributed by atoms with Gasteiger partial charge in [0.1, 0.15) is 11.5 Å². The maximum absolute atomic E-state index is 13.1. The molecule has 3 aromatic carbocycles. The zero-order valence-electron chi connectivity index (χ0n) is 14.2. The van der Waals surface area contributed by atoms with Crippen molar-refractivity contribution in [2.24, 2.45) is 0 Å². The minimum atomic E-state index is -0.455. The summed E-state index contributed by atoms with van der Waals surface area (Å²) in [4.78, 5) is 24.5. The lowest BCUT2D eigenvalue weighted by Crippen LogP contribution is -2.25. The van der Waals surface area contributed by atoms with E-state index < -0.39 is 5.92 Å². The van der Waals surface area contributed by atoms with Gasteiger partial charge in [-0.05, 0) is 43.3 Å². The topological polar surface area (TPSA) is 55.4 Å². The van der Waals surface area contributed by atoms with Gasteiger partial charge in [-0.1, -0.05) is 36.4 Å². The number of anilines is 1. The minimum Gasteiger partial charge on any atom is -0.457 e. The zero-order chi connectivity index (χ0) is 18.1. The van der Waals surface area contributed by atoms with Crippen LogP contribution < -0.4 is 10.1 Å². The highest BCUT2D eigenvalue weighted by atomic mass is 16.5. The van der Waals surface area contributed by atoms with Crippen molar-refractivity contribution in [3.8, 4) is 11.5 Å². The summed E-state index contributed by atoms with van der Waals surface area (Å²) in [6, 6.07) is 22.1. The van der Waals surface area contributed by atoms with Crippen LogP contribution in [0.1, 0.15) is 34.3 Å². The fourth-order valence-corrected chi connectivity index (χ4v) is 3.20. The highest BCUT2D eigenvalue weighted by Gasteiger charge is 2.32. The maximum Gasteiger partial charge on any atom is 0.236 e. The van der Waals surface area contributed by atoms with Gasteiger partial charge in [-0.3, -0.25) is 9.59 Å². The van der Waals surface area contributed by atoms with E-state index >= 15 is 0 Å². The standard InChI is InChI=1S/C22H17NO3/c1-14(24)15-10-12-16(13-11-15)23-22(25)21-17-6-2-4-8-19(17)26-20-9-5-3-7-18(20)21/h2-13,21H,1H3,(H,23,25). The molecule has 0 spiro atoms. The summed E-state index contributed by atoms with van der Waals surface area (Å²) in [5, 5.41) is 2.95. The van der Waals surface area contributed by atoms with Crippen molar-refractivity contribution in [3.05, 3.63) is 89.5 Å². The molecular formula is C22H17NO3. The molecule has 4 heteroatoms. The van der Waals surface area contributed by atoms with Gasteiger partial charge in [0.15, 0.2) is 5.78 Å². The maximum atomic E-state index is 13.1. The molecule has 0 radical (unpaired) electrons. The number of nitrogens with one attached hydrogen (secondary N) is 1. The number of Topliss-reactive ketones (excluding diaryl/α,β-unsaturated/α-hetero) is 1. The first-order valence-corrected chi connectivity index (χ1v) is 8.41. The number of ether oxygens (including phenoxy) is 1. The van der Waals surface area contributed by atoms with Crippen LogP contribution in [0, 0.1) is 0 Å². The number of carbonyl (C=O) groups is 2. The first kappa shape index (κ1) is 16.1. The quantitative estimate of drug-likeness (QED) is 0.697. The second-order valence-corrected chi connectivity index (χ2v) is 6.23. The molecule has 1 aliphatic rings. The molecule has 1 aliphatic heterocycles. The van der Waals surface area contributed by atoms with Gasteiger partial charge in [-0.25, -0.2) is 0 Å². The number of hydrogen-bond acceptors (Lipinski definition) is 3. The lowest BCUT2D eigenvalue weighted by Gasteiger charge is -2.27. The van der Waals surface area contributed by atoms with E-state index in [0.717, 1.165) is 11.1 Å². The molecule has 26 heavy (non-hydrogen) atoms. The summed E-state index contributed by atoms with van der Waals surface area (Å²) in [5.41, 5.74) is 2.94.